The number of hydrogen-bond donors (Lipinski definition) is 2. The Morgan fingerprint density at radius 3 is 2.94 bits per heavy atom. The minimum Gasteiger partial charge on any atom is -0.353 e. The molecule has 0 spiro atoms. The molecular formula is C13H15FN4. The van der Waals surface area contributed by atoms with Crippen LogP contribution >= 0.6 is 0 Å². The maximum absolute atomic E-state index is 13.1. The van der Waals surface area contributed by atoms with Gasteiger partial charge < -0.3 is 11.1 Å². The Labute approximate surface area is 105 Å². The monoisotopic (exact) mass is 246 g/mol. The normalized spacial score (nSPS) is 10.3. The highest BCUT2D eigenvalue weighted by Crippen LogP contribution is 2.10. The van der Waals surface area contributed by atoms with Gasteiger partial charge >= 0.3 is 0 Å². The third kappa shape index (κ3) is 3.49. The number of nitrogens with one attached hydrogen (secondary N) is 1. The van der Waals surface area contributed by atoms with E-state index in [0.717, 1.165) is 11.3 Å². The first-order valence-corrected chi connectivity index (χ1v) is 5.78. The summed E-state index contributed by atoms with van der Waals surface area (Å²) in [5.74, 6) is 0.317. The molecule has 0 amide bonds. The fraction of sp³-hybridized carbons (Fsp3) is 0.231. The first kappa shape index (κ1) is 12.4. The first-order valence-electron chi connectivity index (χ1n) is 5.78. The Morgan fingerprint density at radius 1 is 1.28 bits per heavy atom. The second kappa shape index (κ2) is 6.07. The summed E-state index contributed by atoms with van der Waals surface area (Å²) in [5, 5.41) is 3.01. The Morgan fingerprint density at radius 2 is 2.17 bits per heavy atom. The van der Waals surface area contributed by atoms with Gasteiger partial charge in [-0.1, -0.05) is 12.1 Å². The van der Waals surface area contributed by atoms with Crippen molar-refractivity contribution in [1.29, 1.82) is 0 Å². The van der Waals surface area contributed by atoms with E-state index in [1.807, 2.05) is 12.1 Å². The number of aromatic nitrogens is 2. The molecule has 2 aromatic rings. The molecule has 2 rings (SSSR count). The van der Waals surface area contributed by atoms with Gasteiger partial charge in [0.05, 0.1) is 5.69 Å². The molecule has 0 fully saturated rings. The minimum absolute atomic E-state index is 0.233. The molecule has 0 aliphatic rings. The van der Waals surface area contributed by atoms with E-state index < -0.39 is 0 Å². The van der Waals surface area contributed by atoms with Crippen molar-refractivity contribution >= 4 is 5.95 Å². The molecule has 5 heteroatoms. The highest BCUT2D eigenvalue weighted by atomic mass is 19.1. The number of rotatable bonds is 5. The predicted octanol–water partition coefficient (Wildman–Crippen LogP) is 1.58. The van der Waals surface area contributed by atoms with E-state index in [-0.39, 0.29) is 5.82 Å². The summed E-state index contributed by atoms with van der Waals surface area (Å²) in [5.41, 5.74) is 7.13. The zero-order valence-electron chi connectivity index (χ0n) is 9.94. The molecule has 0 atom stereocenters. The third-order valence-electron chi connectivity index (χ3n) is 2.41. The van der Waals surface area contributed by atoms with Crippen LogP contribution < -0.4 is 11.1 Å². The summed E-state index contributed by atoms with van der Waals surface area (Å²) >= 11 is 0. The van der Waals surface area contributed by atoms with Crippen molar-refractivity contribution in [1.82, 2.24) is 9.97 Å². The summed E-state index contributed by atoms with van der Waals surface area (Å²) in [6.07, 6.45) is 2.26. The summed E-state index contributed by atoms with van der Waals surface area (Å²) < 4.78 is 13.1. The Kier molecular flexibility index (Phi) is 4.20. The van der Waals surface area contributed by atoms with E-state index in [2.05, 4.69) is 15.3 Å². The Bertz CT molecular complexity index is 516. The minimum atomic E-state index is -0.233. The number of benzene rings is 1. The van der Waals surface area contributed by atoms with Crippen LogP contribution in [0.2, 0.25) is 0 Å². The van der Waals surface area contributed by atoms with Crippen LogP contribution in [0, 0.1) is 5.82 Å². The molecule has 1 aromatic heterocycles. The van der Waals surface area contributed by atoms with Crippen LogP contribution in [0.1, 0.15) is 11.3 Å². The highest BCUT2D eigenvalue weighted by Gasteiger charge is 2.01. The van der Waals surface area contributed by atoms with E-state index in [1.165, 1.54) is 12.1 Å². The van der Waals surface area contributed by atoms with Crippen molar-refractivity contribution in [2.24, 2.45) is 5.73 Å². The molecule has 0 radical (unpaired) electrons. The average molecular weight is 246 g/mol. The zero-order valence-corrected chi connectivity index (χ0v) is 9.94. The highest BCUT2D eigenvalue weighted by molar-refractivity contribution is 5.28. The fourth-order valence-electron chi connectivity index (χ4n) is 1.62. The number of hydrogen-bond acceptors (Lipinski definition) is 4. The maximum Gasteiger partial charge on any atom is 0.222 e. The van der Waals surface area contributed by atoms with Gasteiger partial charge in [-0.05, 0) is 23.8 Å². The summed E-state index contributed by atoms with van der Waals surface area (Å²) in [6.45, 7) is 1.15. The lowest BCUT2D eigenvalue weighted by Crippen LogP contribution is -2.15. The van der Waals surface area contributed by atoms with E-state index in [9.17, 15) is 4.39 Å². The third-order valence-corrected chi connectivity index (χ3v) is 2.41. The predicted molar refractivity (Wildman–Crippen MR) is 68.8 cm³/mol. The molecule has 1 heterocycles. The lowest BCUT2D eigenvalue weighted by molar-refractivity contribution is 0.626. The number of nitrogens with zero attached hydrogens (tertiary/aromatic N) is 2. The molecule has 1 aromatic carbocycles. The zero-order chi connectivity index (χ0) is 12.8. The van der Waals surface area contributed by atoms with E-state index >= 15 is 0 Å². The SMILES string of the molecule is NCCNc1nccc(Cc2cccc(F)c2)n1. The van der Waals surface area contributed by atoms with E-state index in [0.29, 0.717) is 25.5 Å². The van der Waals surface area contributed by atoms with Gasteiger partial charge in [-0.2, -0.15) is 0 Å². The largest absolute Gasteiger partial charge is 0.353 e. The summed E-state index contributed by atoms with van der Waals surface area (Å²) in [6, 6.07) is 8.32. The van der Waals surface area contributed by atoms with Crippen molar-refractivity contribution < 1.29 is 4.39 Å². The Balaban J connectivity index is 2.09. The fourth-order valence-corrected chi connectivity index (χ4v) is 1.62. The lowest BCUT2D eigenvalue weighted by atomic mass is 10.1. The lowest BCUT2D eigenvalue weighted by Gasteiger charge is -2.05. The molecule has 0 saturated carbocycles. The van der Waals surface area contributed by atoms with Crippen molar-refractivity contribution in [3.05, 3.63) is 53.6 Å². The van der Waals surface area contributed by atoms with Crippen LogP contribution in [-0.4, -0.2) is 23.1 Å². The summed E-state index contributed by atoms with van der Waals surface area (Å²) in [7, 11) is 0. The maximum atomic E-state index is 13.1. The van der Waals surface area contributed by atoms with Gasteiger partial charge in [-0.3, -0.25) is 0 Å². The van der Waals surface area contributed by atoms with Gasteiger partial charge in [-0.15, -0.1) is 0 Å². The van der Waals surface area contributed by atoms with Crippen LogP contribution in [-0.2, 0) is 6.42 Å². The van der Waals surface area contributed by atoms with Crippen LogP contribution in [0.15, 0.2) is 36.5 Å². The van der Waals surface area contributed by atoms with Crippen molar-refractivity contribution in [3.63, 3.8) is 0 Å². The standard InChI is InChI=1S/C13H15FN4/c14-11-3-1-2-10(8-11)9-12-4-6-16-13(18-12)17-7-5-15/h1-4,6,8H,5,7,9,15H2,(H,16,17,18). The quantitative estimate of drug-likeness (QED) is 0.840. The Hall–Kier alpha value is -2.01. The van der Waals surface area contributed by atoms with Gasteiger partial charge in [0, 0.05) is 25.7 Å². The molecular weight excluding hydrogens is 231 g/mol. The van der Waals surface area contributed by atoms with Gasteiger partial charge in [0.25, 0.3) is 0 Å². The molecule has 0 saturated heterocycles. The molecule has 0 unspecified atom stereocenters. The second-order valence-corrected chi connectivity index (χ2v) is 3.89. The van der Waals surface area contributed by atoms with Crippen LogP contribution in [0.5, 0.6) is 0 Å². The number of anilines is 1. The average Bonchev–Trinajstić information content (AvgIpc) is 2.37. The van der Waals surface area contributed by atoms with Gasteiger partial charge in [0.15, 0.2) is 0 Å². The molecule has 94 valence electrons. The van der Waals surface area contributed by atoms with Gasteiger partial charge in [0.2, 0.25) is 5.95 Å². The van der Waals surface area contributed by atoms with Crippen molar-refractivity contribution in [2.45, 2.75) is 6.42 Å². The smallest absolute Gasteiger partial charge is 0.222 e. The topological polar surface area (TPSA) is 63.8 Å². The van der Waals surface area contributed by atoms with Crippen LogP contribution in [0.25, 0.3) is 0 Å². The first-order chi connectivity index (χ1) is 8.78. The van der Waals surface area contributed by atoms with E-state index in [1.54, 1.807) is 12.3 Å². The van der Waals surface area contributed by atoms with E-state index in [4.69, 9.17) is 5.73 Å². The van der Waals surface area contributed by atoms with Crippen LogP contribution in [0.3, 0.4) is 0 Å². The summed E-state index contributed by atoms with van der Waals surface area (Å²) in [4.78, 5) is 8.42. The van der Waals surface area contributed by atoms with Gasteiger partial charge in [-0.25, -0.2) is 14.4 Å². The molecule has 0 aliphatic heterocycles. The number of nitrogens with two attached hydrogens (primary N) is 1. The van der Waals surface area contributed by atoms with Crippen molar-refractivity contribution in [2.75, 3.05) is 18.4 Å². The van der Waals surface area contributed by atoms with Crippen LogP contribution in [0.4, 0.5) is 10.3 Å². The molecule has 0 aliphatic carbocycles. The molecule has 18 heavy (non-hydrogen) atoms. The number of halogens is 1. The molecule has 4 nitrogen and oxygen atoms in total. The molecule has 0 bridgehead atoms. The van der Waals surface area contributed by atoms with Gasteiger partial charge in [0.1, 0.15) is 5.82 Å². The second-order valence-electron chi connectivity index (χ2n) is 3.89. The molecule has 3 N–H and O–H groups in total. The van der Waals surface area contributed by atoms with Crippen molar-refractivity contribution in [3.8, 4) is 0 Å².